The van der Waals surface area contributed by atoms with E-state index >= 15 is 0 Å². The zero-order valence-corrected chi connectivity index (χ0v) is 15.7. The topological polar surface area (TPSA) is 32.6 Å². The van der Waals surface area contributed by atoms with E-state index in [1.54, 1.807) is 21.3 Å². The fraction of sp³-hybridized carbons (Fsp3) is 0.333. The van der Waals surface area contributed by atoms with Gasteiger partial charge in [0.1, 0.15) is 0 Å². The largest absolute Gasteiger partial charge is 0.493 e. The molecule has 0 bridgehead atoms. The fourth-order valence-electron chi connectivity index (χ4n) is 3.42. The third-order valence-electron chi connectivity index (χ3n) is 4.90. The summed E-state index contributed by atoms with van der Waals surface area (Å²) in [6.45, 7) is 4.34. The van der Waals surface area contributed by atoms with Gasteiger partial charge in [-0.2, -0.15) is 0 Å². The number of aryl methyl sites for hydroxylation is 2. The zero-order valence-electron chi connectivity index (χ0n) is 15.7. The Morgan fingerprint density at radius 2 is 1.52 bits per heavy atom. The molecule has 0 spiro atoms. The highest BCUT2D eigenvalue weighted by Crippen LogP contribution is 2.41. The van der Waals surface area contributed by atoms with Gasteiger partial charge in [0.2, 0.25) is 5.75 Å². The Bertz CT molecular complexity index is 886. The van der Waals surface area contributed by atoms with Crippen molar-refractivity contribution in [2.45, 2.75) is 19.8 Å². The van der Waals surface area contributed by atoms with Gasteiger partial charge in [-0.25, -0.2) is 0 Å². The molecule has 1 unspecified atom stereocenters. The van der Waals surface area contributed by atoms with Gasteiger partial charge in [0.25, 0.3) is 0 Å². The van der Waals surface area contributed by atoms with Crippen molar-refractivity contribution in [1.82, 2.24) is 4.57 Å². The first-order valence-corrected chi connectivity index (χ1v) is 8.35. The number of benzene rings is 2. The van der Waals surface area contributed by atoms with Crippen molar-refractivity contribution in [1.29, 1.82) is 0 Å². The number of hydrogen-bond acceptors (Lipinski definition) is 3. The maximum absolute atomic E-state index is 5.49. The molecule has 0 aliphatic rings. The van der Waals surface area contributed by atoms with Crippen molar-refractivity contribution in [3.05, 3.63) is 53.2 Å². The van der Waals surface area contributed by atoms with E-state index in [0.717, 1.165) is 5.56 Å². The van der Waals surface area contributed by atoms with E-state index in [1.807, 2.05) is 12.1 Å². The normalized spacial score (nSPS) is 12.2. The summed E-state index contributed by atoms with van der Waals surface area (Å²) in [5.74, 6) is 2.19. The Labute approximate surface area is 148 Å². The van der Waals surface area contributed by atoms with Gasteiger partial charge in [-0.1, -0.05) is 13.0 Å². The average molecular weight is 339 g/mol. The number of rotatable bonds is 5. The van der Waals surface area contributed by atoms with Crippen LogP contribution in [0.1, 0.15) is 29.5 Å². The van der Waals surface area contributed by atoms with Crippen molar-refractivity contribution < 1.29 is 14.2 Å². The highest BCUT2D eigenvalue weighted by molar-refractivity contribution is 5.84. The van der Waals surface area contributed by atoms with Crippen LogP contribution in [0.4, 0.5) is 0 Å². The van der Waals surface area contributed by atoms with Gasteiger partial charge in [-0.3, -0.25) is 0 Å². The molecule has 4 heteroatoms. The highest BCUT2D eigenvalue weighted by atomic mass is 16.5. The van der Waals surface area contributed by atoms with Crippen molar-refractivity contribution in [3.63, 3.8) is 0 Å². The lowest BCUT2D eigenvalue weighted by atomic mass is 9.91. The number of ether oxygens (including phenoxy) is 3. The number of fused-ring (bicyclic) bond motifs is 1. The van der Waals surface area contributed by atoms with Crippen LogP contribution in [0, 0.1) is 6.92 Å². The van der Waals surface area contributed by atoms with E-state index in [9.17, 15) is 0 Å². The molecule has 1 heterocycles. The minimum atomic E-state index is 0.206. The second kappa shape index (κ2) is 6.71. The number of hydrogen-bond donors (Lipinski definition) is 0. The van der Waals surface area contributed by atoms with Crippen LogP contribution >= 0.6 is 0 Å². The summed E-state index contributed by atoms with van der Waals surface area (Å²) >= 11 is 0. The molecule has 0 saturated carbocycles. The monoisotopic (exact) mass is 339 g/mol. The van der Waals surface area contributed by atoms with E-state index in [4.69, 9.17) is 14.2 Å². The molecule has 132 valence electrons. The Hall–Kier alpha value is -2.62. The molecule has 0 N–H and O–H groups in total. The van der Waals surface area contributed by atoms with E-state index in [1.165, 1.54) is 22.0 Å². The summed E-state index contributed by atoms with van der Waals surface area (Å²) in [6.07, 6.45) is 2.17. The third kappa shape index (κ3) is 2.93. The molecule has 0 amide bonds. The van der Waals surface area contributed by atoms with Crippen molar-refractivity contribution in [2.75, 3.05) is 21.3 Å². The summed E-state index contributed by atoms with van der Waals surface area (Å²) in [4.78, 5) is 0. The van der Waals surface area contributed by atoms with Gasteiger partial charge in [0.15, 0.2) is 11.5 Å². The Morgan fingerprint density at radius 1 is 0.880 bits per heavy atom. The second-order valence-corrected chi connectivity index (χ2v) is 6.38. The van der Waals surface area contributed by atoms with Gasteiger partial charge in [-0.05, 0) is 47.9 Å². The third-order valence-corrected chi connectivity index (χ3v) is 4.90. The molecular formula is C21H25NO3. The predicted octanol–water partition coefficient (Wildman–Crippen LogP) is 4.66. The molecule has 0 fully saturated rings. The lowest BCUT2D eigenvalue weighted by Gasteiger charge is -2.18. The van der Waals surface area contributed by atoms with Gasteiger partial charge in [-0.15, -0.1) is 0 Å². The molecule has 0 radical (unpaired) electrons. The van der Waals surface area contributed by atoms with Crippen LogP contribution < -0.4 is 14.2 Å². The van der Waals surface area contributed by atoms with Gasteiger partial charge in [0, 0.05) is 30.1 Å². The molecule has 4 nitrogen and oxygen atoms in total. The van der Waals surface area contributed by atoms with E-state index < -0.39 is 0 Å². The summed E-state index contributed by atoms with van der Waals surface area (Å²) < 4.78 is 18.6. The average Bonchev–Trinajstić information content (AvgIpc) is 2.93. The lowest BCUT2D eigenvalue weighted by molar-refractivity contribution is 0.323. The molecule has 1 atom stereocenters. The van der Waals surface area contributed by atoms with Gasteiger partial charge < -0.3 is 18.8 Å². The second-order valence-electron chi connectivity index (χ2n) is 6.38. The molecule has 0 saturated heterocycles. The van der Waals surface area contributed by atoms with Crippen molar-refractivity contribution in [2.24, 2.45) is 7.05 Å². The van der Waals surface area contributed by atoms with Crippen LogP contribution in [-0.2, 0) is 7.05 Å². The standard InChI is InChI=1S/C21H25NO3/c1-13-12-22(3)18-8-7-15(9-17(13)18)14(2)16-10-19(23-4)21(25-6)20(11-16)24-5/h7-12,14H,1-6H3. The molecule has 3 aromatic rings. The van der Waals surface area contributed by atoms with Crippen LogP contribution in [0.5, 0.6) is 17.2 Å². The predicted molar refractivity (Wildman–Crippen MR) is 101 cm³/mol. The quantitative estimate of drug-likeness (QED) is 0.677. The first kappa shape index (κ1) is 17.2. The van der Waals surface area contributed by atoms with Crippen LogP contribution in [0.2, 0.25) is 0 Å². The van der Waals surface area contributed by atoms with Crippen LogP contribution in [0.25, 0.3) is 10.9 Å². The van der Waals surface area contributed by atoms with Crippen LogP contribution in [-0.4, -0.2) is 25.9 Å². The zero-order chi connectivity index (χ0) is 18.1. The van der Waals surface area contributed by atoms with Gasteiger partial charge >= 0.3 is 0 Å². The van der Waals surface area contributed by atoms with Crippen LogP contribution in [0.3, 0.4) is 0 Å². The van der Waals surface area contributed by atoms with E-state index in [2.05, 4.69) is 49.9 Å². The van der Waals surface area contributed by atoms with Crippen LogP contribution in [0.15, 0.2) is 36.5 Å². The smallest absolute Gasteiger partial charge is 0.203 e. The minimum absolute atomic E-state index is 0.206. The number of nitrogens with zero attached hydrogens (tertiary/aromatic N) is 1. The SMILES string of the molecule is COc1cc(C(C)c2ccc3c(c2)c(C)cn3C)cc(OC)c1OC. The summed E-state index contributed by atoms with van der Waals surface area (Å²) in [6, 6.07) is 10.7. The molecule has 25 heavy (non-hydrogen) atoms. The Balaban J connectivity index is 2.08. The molecule has 1 aromatic heterocycles. The fourth-order valence-corrected chi connectivity index (χ4v) is 3.42. The molecule has 0 aliphatic heterocycles. The number of aromatic nitrogens is 1. The molecule has 3 rings (SSSR count). The first-order chi connectivity index (χ1) is 12.0. The Kier molecular flexibility index (Phi) is 4.62. The maximum Gasteiger partial charge on any atom is 0.203 e. The summed E-state index contributed by atoms with van der Waals surface area (Å²) in [5.41, 5.74) is 4.92. The first-order valence-electron chi connectivity index (χ1n) is 8.35. The number of methoxy groups -OCH3 is 3. The summed E-state index contributed by atoms with van der Waals surface area (Å²) in [5, 5.41) is 1.29. The molecule has 0 aliphatic carbocycles. The van der Waals surface area contributed by atoms with Crippen molar-refractivity contribution >= 4 is 10.9 Å². The summed E-state index contributed by atoms with van der Waals surface area (Å²) in [7, 11) is 6.99. The van der Waals surface area contributed by atoms with E-state index in [-0.39, 0.29) is 5.92 Å². The molecule has 2 aromatic carbocycles. The Morgan fingerprint density at radius 3 is 2.08 bits per heavy atom. The minimum Gasteiger partial charge on any atom is -0.493 e. The van der Waals surface area contributed by atoms with Gasteiger partial charge in [0.05, 0.1) is 21.3 Å². The van der Waals surface area contributed by atoms with Crippen molar-refractivity contribution in [3.8, 4) is 17.2 Å². The van der Waals surface area contributed by atoms with E-state index in [0.29, 0.717) is 17.2 Å². The lowest BCUT2D eigenvalue weighted by Crippen LogP contribution is -2.01. The molecular weight excluding hydrogens is 314 g/mol. The maximum atomic E-state index is 5.49. The highest BCUT2D eigenvalue weighted by Gasteiger charge is 2.18.